The highest BCUT2D eigenvalue weighted by Crippen LogP contribution is 2.20. The Balaban J connectivity index is 1.32. The number of fused-ring (bicyclic) bond motifs is 1. The van der Waals surface area contributed by atoms with E-state index in [0.29, 0.717) is 24.9 Å². The van der Waals surface area contributed by atoms with Gasteiger partial charge in [-0.05, 0) is 113 Å². The van der Waals surface area contributed by atoms with Gasteiger partial charge in [0.25, 0.3) is 0 Å². The number of hydrogen-bond donors (Lipinski definition) is 19. The van der Waals surface area contributed by atoms with E-state index in [0.717, 1.165) is 16.5 Å². The van der Waals surface area contributed by atoms with Gasteiger partial charge in [-0.25, -0.2) is 0 Å². The molecule has 37 heteroatoms. The summed E-state index contributed by atoms with van der Waals surface area (Å²) < 4.78 is 27.5. The standard InChI is InChI=1S/C69H112N18O19/c1-41(2)32-53(66(99)86-54(33-42(3)4)67(100)87-56(39-88)60(72)93)83-58(91)38-79-61(94)43(5)80-62(95)44(6)81-65(98)52(15-11-21-76-69(73)74)82-57(90)37-78-59(92)40-106-31-30-105-29-28-104-27-26-103-25-24-102-23-22-75-64(97)51(14-9-10-20-70)84-68(101)55(34-45-16-18-47(89)19-17-45)85-63(96)49(71)35-46-36-77-50-13-8-7-12-48(46)50/h7-8,12-13,16-19,36,41-44,49,51-56,77,88-89H,9-11,14-15,20-35,37-40,70-71H2,1-6H3,(H2,72,93)(H,75,97)(H,78,92)(H,79,94)(H,80,95)(H,81,98)(H,82,90)(H,83,91)(H,84,101)(H,85,96)(H,86,99)(H,87,100)(H4,73,74,76)/t43-,44-,49-,51-,52-,53-,54-,55-,56-/m0/s1. The lowest BCUT2D eigenvalue weighted by Crippen LogP contribution is -2.58. The number of nitrogens with zero attached hydrogens (tertiary/aromatic N) is 1. The molecule has 24 N–H and O–H groups in total. The number of guanidine groups is 1. The number of phenols is 1. The summed E-state index contributed by atoms with van der Waals surface area (Å²) in [6.45, 7) is 9.74. The number of aliphatic imine (C=N–C) groups is 1. The van der Waals surface area contributed by atoms with E-state index in [1.807, 2.05) is 24.3 Å². The quantitative estimate of drug-likeness (QED) is 0.0143. The summed E-state index contributed by atoms with van der Waals surface area (Å²) in [5, 5.41) is 48.3. The first kappa shape index (κ1) is 90.6. The fourth-order valence-electron chi connectivity index (χ4n) is 10.2. The molecule has 1 aromatic heterocycles. The highest BCUT2D eigenvalue weighted by atomic mass is 16.6. The number of benzene rings is 2. The molecule has 0 spiro atoms. The first-order valence-corrected chi connectivity index (χ1v) is 35.4. The number of aromatic nitrogens is 1. The Morgan fingerprint density at radius 2 is 0.981 bits per heavy atom. The molecule has 12 amide bonds. The number of unbranched alkanes of at least 4 members (excludes halogenated alkanes) is 1. The van der Waals surface area contributed by atoms with Crippen LogP contribution in [0.15, 0.2) is 59.7 Å². The minimum Gasteiger partial charge on any atom is -0.508 e. The van der Waals surface area contributed by atoms with E-state index in [9.17, 15) is 67.7 Å². The van der Waals surface area contributed by atoms with E-state index < -0.39 is 152 Å². The monoisotopic (exact) mass is 1500 g/mol. The lowest BCUT2D eigenvalue weighted by Gasteiger charge is -2.26. The van der Waals surface area contributed by atoms with E-state index in [2.05, 4.69) is 68.5 Å². The Morgan fingerprint density at radius 3 is 1.57 bits per heavy atom. The number of H-pyrrole nitrogens is 1. The maximum atomic E-state index is 13.9. The minimum atomic E-state index is -1.39. The molecule has 0 radical (unpaired) electrons. The molecule has 1 heterocycles. The van der Waals surface area contributed by atoms with Crippen LogP contribution in [0.5, 0.6) is 5.75 Å². The van der Waals surface area contributed by atoms with Crippen molar-refractivity contribution in [3.8, 4) is 5.75 Å². The molecule has 106 heavy (non-hydrogen) atoms. The smallest absolute Gasteiger partial charge is 0.246 e. The second-order valence-electron chi connectivity index (χ2n) is 25.9. The lowest BCUT2D eigenvalue weighted by molar-refractivity contribution is -0.134. The fourth-order valence-corrected chi connectivity index (χ4v) is 10.2. The highest BCUT2D eigenvalue weighted by molar-refractivity contribution is 5.98. The van der Waals surface area contributed by atoms with Crippen molar-refractivity contribution < 1.29 is 91.4 Å². The van der Waals surface area contributed by atoms with E-state index in [-0.39, 0.29) is 141 Å². The molecule has 0 bridgehead atoms. The predicted octanol–water partition coefficient (Wildman–Crippen LogP) is -4.91. The van der Waals surface area contributed by atoms with E-state index in [1.54, 1.807) is 46.0 Å². The summed E-state index contributed by atoms with van der Waals surface area (Å²) >= 11 is 0. The number of carbonyl (C=O) groups excluding carboxylic acids is 12. The number of aromatic hydroxyl groups is 1. The molecular formula is C69H112N18O19. The molecule has 0 saturated carbocycles. The van der Waals surface area contributed by atoms with Gasteiger partial charge >= 0.3 is 0 Å². The van der Waals surface area contributed by atoms with Crippen molar-refractivity contribution in [3.63, 3.8) is 0 Å². The number of para-hydroxylation sites is 1. The van der Waals surface area contributed by atoms with Crippen LogP contribution in [-0.4, -0.2) is 252 Å². The lowest BCUT2D eigenvalue weighted by atomic mass is 10.00. The molecule has 592 valence electrons. The van der Waals surface area contributed by atoms with Crippen molar-refractivity contribution in [2.24, 2.45) is 45.5 Å². The van der Waals surface area contributed by atoms with Crippen molar-refractivity contribution in [1.82, 2.24) is 63.5 Å². The SMILES string of the molecule is CC(C)C[C@H](NC(=O)CNC(=O)[C@H](C)NC(=O)[C@H](C)NC(=O)[C@H](CCCN=C(N)N)NC(=O)CNC(=O)COCCOCCOCCOCCOCCNC(=O)[C@H](CCCCN)NC(=O)[C@H](Cc1ccc(O)cc1)NC(=O)[C@@H](N)Cc1c[nH]c2ccccc12)C(=O)N[C@@H](CC(C)C)C(=O)N[C@@H](CO)C(N)=O. The first-order valence-electron chi connectivity index (χ1n) is 35.4. The van der Waals surface area contributed by atoms with Crippen molar-refractivity contribution in [3.05, 3.63) is 65.9 Å². The molecule has 0 saturated heterocycles. The summed E-state index contributed by atoms with van der Waals surface area (Å²) in [6.07, 6.45) is 3.95. The molecule has 37 nitrogen and oxygen atoms in total. The number of rotatable bonds is 55. The summed E-state index contributed by atoms with van der Waals surface area (Å²) in [5.74, 6) is -9.11. The van der Waals surface area contributed by atoms with Gasteiger partial charge in [0.05, 0.1) is 85.2 Å². The van der Waals surface area contributed by atoms with Gasteiger partial charge in [-0.15, -0.1) is 0 Å². The van der Waals surface area contributed by atoms with Crippen LogP contribution in [-0.2, 0) is 94.1 Å². The molecular weight excluding hydrogens is 1380 g/mol. The summed E-state index contributed by atoms with van der Waals surface area (Å²) in [7, 11) is 0. The number of aromatic amines is 1. The average molecular weight is 1500 g/mol. The largest absolute Gasteiger partial charge is 0.508 e. The van der Waals surface area contributed by atoms with Gasteiger partial charge in [-0.3, -0.25) is 62.5 Å². The van der Waals surface area contributed by atoms with Gasteiger partial charge in [0.2, 0.25) is 70.9 Å². The number of phenolic OH excluding ortho intramolecular Hbond substituents is 1. The molecule has 3 rings (SSSR count). The maximum Gasteiger partial charge on any atom is 0.246 e. The van der Waals surface area contributed by atoms with Crippen molar-refractivity contribution in [2.45, 2.75) is 154 Å². The van der Waals surface area contributed by atoms with Crippen LogP contribution in [0.3, 0.4) is 0 Å². The Kier molecular flexibility index (Phi) is 43.4. The third-order valence-corrected chi connectivity index (χ3v) is 15.8. The van der Waals surface area contributed by atoms with E-state index >= 15 is 0 Å². The molecule has 0 unspecified atom stereocenters. The summed E-state index contributed by atoms with van der Waals surface area (Å²) in [4.78, 5) is 164. The normalized spacial score (nSPS) is 13.8. The minimum absolute atomic E-state index is 0.00598. The number of nitrogens with one attached hydrogen (secondary N) is 12. The second-order valence-corrected chi connectivity index (χ2v) is 25.9. The number of hydrogen-bond acceptors (Lipinski definition) is 22. The van der Waals surface area contributed by atoms with Crippen molar-refractivity contribution in [2.75, 3.05) is 105 Å². The zero-order chi connectivity index (χ0) is 78.5. The second kappa shape index (κ2) is 50.7. The number of amides is 12. The number of aliphatic hydroxyl groups excluding tert-OH is 1. The van der Waals surface area contributed by atoms with Gasteiger partial charge in [-0.2, -0.15) is 0 Å². The van der Waals surface area contributed by atoms with Gasteiger partial charge in [0.15, 0.2) is 5.96 Å². The van der Waals surface area contributed by atoms with Crippen LogP contribution >= 0.6 is 0 Å². The number of primary amides is 1. The molecule has 0 aliphatic heterocycles. The first-order chi connectivity index (χ1) is 50.5. The summed E-state index contributed by atoms with van der Waals surface area (Å²) in [5.41, 5.74) is 30.6. The molecule has 0 aliphatic rings. The fraction of sp³-hybridized carbons (Fsp3) is 0.609. The van der Waals surface area contributed by atoms with Gasteiger partial charge in [0, 0.05) is 36.6 Å². The van der Waals surface area contributed by atoms with Gasteiger partial charge in [-0.1, -0.05) is 58.0 Å². The molecule has 3 aromatic rings. The average Bonchev–Trinajstić information content (AvgIpc) is 1.68. The molecule has 0 aliphatic carbocycles. The third kappa shape index (κ3) is 37.4. The van der Waals surface area contributed by atoms with Gasteiger partial charge < -0.3 is 126 Å². The molecule has 9 atom stereocenters. The number of aliphatic hydroxyl groups is 1. The molecule has 2 aromatic carbocycles. The van der Waals surface area contributed by atoms with Crippen LogP contribution in [0.1, 0.15) is 97.6 Å². The molecule has 0 fully saturated rings. The number of ether oxygens (including phenoxy) is 5. The topological polar surface area (TPSA) is 582 Å². The van der Waals surface area contributed by atoms with Crippen molar-refractivity contribution >= 4 is 87.7 Å². The number of carbonyl (C=O) groups is 12. The predicted molar refractivity (Wildman–Crippen MR) is 390 cm³/mol. The zero-order valence-electron chi connectivity index (χ0n) is 61.4. The van der Waals surface area contributed by atoms with Crippen LogP contribution in [0.25, 0.3) is 10.9 Å². The Hall–Kier alpha value is -9.63. The maximum absolute atomic E-state index is 13.9. The van der Waals surface area contributed by atoms with Crippen LogP contribution in [0, 0.1) is 11.8 Å². The van der Waals surface area contributed by atoms with Crippen LogP contribution < -0.4 is 87.2 Å². The Bertz CT molecular complexity index is 3280. The van der Waals surface area contributed by atoms with Gasteiger partial charge in [0.1, 0.15) is 60.7 Å². The van der Waals surface area contributed by atoms with E-state index in [1.165, 1.54) is 26.0 Å². The highest BCUT2D eigenvalue weighted by Gasteiger charge is 2.33. The Labute approximate surface area is 616 Å². The number of nitrogens with two attached hydrogens (primary N) is 5. The summed E-state index contributed by atoms with van der Waals surface area (Å²) in [6, 6.07) is 3.30. The third-order valence-electron chi connectivity index (χ3n) is 15.8. The van der Waals surface area contributed by atoms with E-state index in [4.69, 9.17) is 52.4 Å². The van der Waals surface area contributed by atoms with Crippen LogP contribution in [0.2, 0.25) is 0 Å². The Morgan fingerprint density at radius 1 is 0.491 bits per heavy atom. The zero-order valence-corrected chi connectivity index (χ0v) is 61.4. The van der Waals surface area contributed by atoms with Crippen LogP contribution in [0.4, 0.5) is 0 Å². The van der Waals surface area contributed by atoms with Crippen molar-refractivity contribution in [1.29, 1.82) is 0 Å².